The van der Waals surface area contributed by atoms with Crippen molar-refractivity contribution < 1.29 is 32.4 Å². The fraction of sp³-hybridized carbons (Fsp3) is 0.562. The molecule has 0 unspecified atom stereocenters. The Balaban J connectivity index is 1.94. The number of alkyl halides is 3. The van der Waals surface area contributed by atoms with Crippen LogP contribution in [0.5, 0.6) is 0 Å². The summed E-state index contributed by atoms with van der Waals surface area (Å²) in [5, 5.41) is 10.8. The number of carbonyl (C=O) groups excluding carboxylic acids is 1. The molecule has 0 bridgehead atoms. The predicted molar refractivity (Wildman–Crippen MR) is 84.5 cm³/mol. The van der Waals surface area contributed by atoms with Crippen molar-refractivity contribution in [2.45, 2.75) is 45.3 Å². The Morgan fingerprint density at radius 2 is 1.88 bits per heavy atom. The Bertz CT molecular complexity index is 694. The monoisotopic (exact) mass is 376 g/mol. The number of hydrogen-bond donors (Lipinski definition) is 0. The van der Waals surface area contributed by atoms with Gasteiger partial charge in [-0.15, -0.1) is 0 Å². The molecule has 1 aromatic carbocycles. The number of likely N-dealkylation sites (tertiary alicyclic amines) is 1. The van der Waals surface area contributed by atoms with Crippen LogP contribution < -0.4 is 0 Å². The third kappa shape index (κ3) is 5.32. The first kappa shape index (κ1) is 20.0. The smallest absolute Gasteiger partial charge is 0.416 e. The molecule has 0 saturated carbocycles. The summed E-state index contributed by atoms with van der Waals surface area (Å²) in [6, 6.07) is 2.34. The van der Waals surface area contributed by atoms with Crippen LogP contribution in [-0.4, -0.2) is 40.7 Å². The van der Waals surface area contributed by atoms with Gasteiger partial charge in [-0.1, -0.05) is 0 Å². The third-order valence-corrected chi connectivity index (χ3v) is 3.50. The zero-order valence-electron chi connectivity index (χ0n) is 14.5. The van der Waals surface area contributed by atoms with Crippen LogP contribution in [0.15, 0.2) is 18.2 Å². The number of nitrogens with zero attached hydrogens (tertiary/aromatic N) is 2. The lowest BCUT2D eigenvalue weighted by atomic mass is 10.1. The lowest BCUT2D eigenvalue weighted by molar-refractivity contribution is -0.385. The van der Waals surface area contributed by atoms with Crippen LogP contribution in [-0.2, 0) is 22.3 Å². The molecule has 26 heavy (non-hydrogen) atoms. The zero-order chi connectivity index (χ0) is 19.7. The SMILES string of the molecule is CC(C)(C)OC(=O)N1CC(OCc2cc([N+](=O)[O-])cc(C(F)(F)F)c2)C1. The lowest BCUT2D eigenvalue weighted by Crippen LogP contribution is -2.55. The van der Waals surface area contributed by atoms with Gasteiger partial charge < -0.3 is 14.4 Å². The van der Waals surface area contributed by atoms with E-state index in [-0.39, 0.29) is 31.4 Å². The molecule has 10 heteroatoms. The van der Waals surface area contributed by atoms with Crippen LogP contribution in [0, 0.1) is 10.1 Å². The maximum absolute atomic E-state index is 12.8. The number of rotatable bonds is 4. The van der Waals surface area contributed by atoms with Gasteiger partial charge >= 0.3 is 12.3 Å². The highest BCUT2D eigenvalue weighted by Gasteiger charge is 2.35. The van der Waals surface area contributed by atoms with Crippen molar-refractivity contribution in [3.8, 4) is 0 Å². The summed E-state index contributed by atoms with van der Waals surface area (Å²) in [5.74, 6) is 0. The maximum Gasteiger partial charge on any atom is 0.416 e. The maximum atomic E-state index is 12.8. The van der Waals surface area contributed by atoms with E-state index in [1.165, 1.54) is 4.90 Å². The van der Waals surface area contributed by atoms with Crippen molar-refractivity contribution in [3.05, 3.63) is 39.4 Å². The third-order valence-electron chi connectivity index (χ3n) is 3.50. The van der Waals surface area contributed by atoms with Crippen molar-refractivity contribution in [1.82, 2.24) is 4.90 Å². The van der Waals surface area contributed by atoms with Gasteiger partial charge in [-0.2, -0.15) is 13.2 Å². The summed E-state index contributed by atoms with van der Waals surface area (Å²) in [4.78, 5) is 23.1. The van der Waals surface area contributed by atoms with Crippen LogP contribution in [0.4, 0.5) is 23.7 Å². The van der Waals surface area contributed by atoms with E-state index in [9.17, 15) is 28.1 Å². The lowest BCUT2D eigenvalue weighted by Gasteiger charge is -2.39. The molecular weight excluding hydrogens is 357 g/mol. The number of nitro benzene ring substituents is 1. The highest BCUT2D eigenvalue weighted by atomic mass is 19.4. The Hall–Kier alpha value is -2.36. The fourth-order valence-corrected chi connectivity index (χ4v) is 2.26. The summed E-state index contributed by atoms with van der Waals surface area (Å²) in [6.07, 6.45) is -5.55. The van der Waals surface area contributed by atoms with Gasteiger partial charge in [-0.05, 0) is 32.4 Å². The van der Waals surface area contributed by atoms with E-state index in [0.29, 0.717) is 6.07 Å². The number of benzene rings is 1. The highest BCUT2D eigenvalue weighted by Crippen LogP contribution is 2.33. The minimum absolute atomic E-state index is 0.0437. The normalized spacial score (nSPS) is 15.5. The Morgan fingerprint density at radius 1 is 1.27 bits per heavy atom. The number of hydrogen-bond acceptors (Lipinski definition) is 5. The van der Waals surface area contributed by atoms with Gasteiger partial charge in [0, 0.05) is 12.1 Å². The number of halogens is 3. The van der Waals surface area contributed by atoms with E-state index < -0.39 is 34.0 Å². The molecule has 1 heterocycles. The molecule has 0 N–H and O–H groups in total. The molecule has 0 spiro atoms. The van der Waals surface area contributed by atoms with Gasteiger partial charge in [-0.25, -0.2) is 4.79 Å². The predicted octanol–water partition coefficient (Wildman–Crippen LogP) is 3.75. The molecule has 1 amide bonds. The molecular formula is C16H19F3N2O5. The van der Waals surface area contributed by atoms with Crippen LogP contribution in [0.1, 0.15) is 31.9 Å². The van der Waals surface area contributed by atoms with Crippen LogP contribution in [0.2, 0.25) is 0 Å². The molecule has 1 aromatic rings. The molecule has 0 aromatic heterocycles. The Labute approximate surface area is 147 Å². The first-order valence-corrected chi connectivity index (χ1v) is 7.80. The molecule has 1 aliphatic rings. The molecule has 1 saturated heterocycles. The van der Waals surface area contributed by atoms with E-state index in [4.69, 9.17) is 9.47 Å². The summed E-state index contributed by atoms with van der Waals surface area (Å²) >= 11 is 0. The molecule has 2 rings (SSSR count). The molecule has 0 aliphatic carbocycles. The Kier molecular flexibility index (Phi) is 5.45. The first-order valence-electron chi connectivity index (χ1n) is 7.80. The minimum atomic E-state index is -4.69. The van der Waals surface area contributed by atoms with Gasteiger partial charge in [0.25, 0.3) is 5.69 Å². The summed E-state index contributed by atoms with van der Waals surface area (Å²) in [7, 11) is 0. The average molecular weight is 376 g/mol. The van der Waals surface area contributed by atoms with Gasteiger partial charge in [-0.3, -0.25) is 10.1 Å². The molecule has 1 aliphatic heterocycles. The van der Waals surface area contributed by atoms with Gasteiger partial charge in [0.15, 0.2) is 0 Å². The van der Waals surface area contributed by atoms with Gasteiger partial charge in [0.1, 0.15) is 5.60 Å². The second-order valence-electron chi connectivity index (χ2n) is 6.96. The van der Waals surface area contributed by atoms with Crippen molar-refractivity contribution >= 4 is 11.8 Å². The largest absolute Gasteiger partial charge is 0.444 e. The van der Waals surface area contributed by atoms with Crippen LogP contribution in [0.3, 0.4) is 0 Å². The zero-order valence-corrected chi connectivity index (χ0v) is 14.5. The van der Waals surface area contributed by atoms with Crippen LogP contribution in [0.25, 0.3) is 0 Å². The quantitative estimate of drug-likeness (QED) is 0.590. The number of non-ortho nitro benzene ring substituents is 1. The van der Waals surface area contributed by atoms with Crippen molar-refractivity contribution in [1.29, 1.82) is 0 Å². The van der Waals surface area contributed by atoms with E-state index in [2.05, 4.69) is 0 Å². The molecule has 0 atom stereocenters. The highest BCUT2D eigenvalue weighted by molar-refractivity contribution is 5.69. The Morgan fingerprint density at radius 3 is 2.38 bits per heavy atom. The van der Waals surface area contributed by atoms with Gasteiger partial charge in [0.05, 0.1) is 36.3 Å². The second-order valence-corrected chi connectivity index (χ2v) is 6.96. The van der Waals surface area contributed by atoms with E-state index in [1.807, 2.05) is 0 Å². The summed E-state index contributed by atoms with van der Waals surface area (Å²) < 4.78 is 49.1. The van der Waals surface area contributed by atoms with Crippen molar-refractivity contribution in [3.63, 3.8) is 0 Å². The van der Waals surface area contributed by atoms with Crippen LogP contribution >= 0.6 is 0 Å². The van der Waals surface area contributed by atoms with Crippen molar-refractivity contribution in [2.24, 2.45) is 0 Å². The summed E-state index contributed by atoms with van der Waals surface area (Å²) in [5.41, 5.74) is -2.33. The number of ether oxygens (including phenoxy) is 2. The number of nitro groups is 1. The minimum Gasteiger partial charge on any atom is -0.444 e. The molecule has 144 valence electrons. The molecule has 0 radical (unpaired) electrons. The number of carbonyl (C=O) groups is 1. The fourth-order valence-electron chi connectivity index (χ4n) is 2.26. The van der Waals surface area contributed by atoms with Gasteiger partial charge in [0.2, 0.25) is 0 Å². The molecule has 7 nitrogen and oxygen atoms in total. The molecule has 1 fully saturated rings. The standard InChI is InChI=1S/C16H19F3N2O5/c1-15(2,3)26-14(22)20-7-13(8-20)25-9-10-4-11(16(17,18)19)6-12(5-10)21(23)24/h4-6,13H,7-9H2,1-3H3. The average Bonchev–Trinajstić information content (AvgIpc) is 2.42. The number of amides is 1. The summed E-state index contributed by atoms with van der Waals surface area (Å²) in [6.45, 7) is 5.47. The van der Waals surface area contributed by atoms with Crippen molar-refractivity contribution in [2.75, 3.05) is 13.1 Å². The second kappa shape index (κ2) is 7.10. The topological polar surface area (TPSA) is 81.9 Å². The van der Waals surface area contributed by atoms with E-state index in [0.717, 1.165) is 12.1 Å². The first-order chi connectivity index (χ1) is 11.8. The van der Waals surface area contributed by atoms with E-state index in [1.54, 1.807) is 20.8 Å². The van der Waals surface area contributed by atoms with E-state index >= 15 is 0 Å².